The van der Waals surface area contributed by atoms with Crippen LogP contribution in [0.2, 0.25) is 0 Å². The third kappa shape index (κ3) is 5.04. The van der Waals surface area contributed by atoms with Crippen molar-refractivity contribution in [1.29, 1.82) is 0 Å². The maximum atomic E-state index is 13.1. The molecule has 0 aliphatic heterocycles. The molecule has 0 spiro atoms. The molecule has 1 aromatic heterocycles. The molecule has 162 valence electrons. The zero-order valence-corrected chi connectivity index (χ0v) is 17.6. The molecule has 1 aliphatic carbocycles. The maximum Gasteiger partial charge on any atom is 0.248 e. The molecular formula is C22H29FN4O3. The van der Waals surface area contributed by atoms with Crippen LogP contribution >= 0.6 is 0 Å². The average molecular weight is 416 g/mol. The first-order valence-electron chi connectivity index (χ1n) is 10.7. The fraction of sp³-hybridized carbons (Fsp3) is 0.545. The molecule has 1 aliphatic rings. The van der Waals surface area contributed by atoms with E-state index in [1.807, 2.05) is 13.8 Å². The van der Waals surface area contributed by atoms with E-state index in [-0.39, 0.29) is 30.5 Å². The molecule has 1 N–H and O–H groups in total. The Balaban J connectivity index is 1.62. The SMILES string of the molecule is CCN(CC)C(=O)C1(NC(=O)CCc2nc(-c3ccc(F)cc3)no2)CCCCC1. The Morgan fingerprint density at radius 3 is 2.43 bits per heavy atom. The van der Waals surface area contributed by atoms with Gasteiger partial charge >= 0.3 is 0 Å². The number of nitrogens with zero attached hydrogens (tertiary/aromatic N) is 3. The third-order valence-corrected chi connectivity index (χ3v) is 5.68. The van der Waals surface area contributed by atoms with Gasteiger partial charge in [0.1, 0.15) is 11.4 Å². The molecule has 8 heteroatoms. The lowest BCUT2D eigenvalue weighted by molar-refractivity contribution is -0.143. The van der Waals surface area contributed by atoms with Crippen LogP contribution in [-0.2, 0) is 16.0 Å². The van der Waals surface area contributed by atoms with Crippen molar-refractivity contribution in [3.63, 3.8) is 0 Å². The van der Waals surface area contributed by atoms with E-state index in [0.29, 0.717) is 43.2 Å². The first-order chi connectivity index (χ1) is 14.5. The summed E-state index contributed by atoms with van der Waals surface area (Å²) in [5, 5.41) is 6.93. The second kappa shape index (κ2) is 9.82. The van der Waals surface area contributed by atoms with Gasteiger partial charge in [-0.25, -0.2) is 4.39 Å². The summed E-state index contributed by atoms with van der Waals surface area (Å²) in [4.78, 5) is 31.9. The summed E-state index contributed by atoms with van der Waals surface area (Å²) < 4.78 is 18.3. The van der Waals surface area contributed by atoms with Crippen LogP contribution in [0.3, 0.4) is 0 Å². The Morgan fingerprint density at radius 2 is 1.80 bits per heavy atom. The van der Waals surface area contributed by atoms with Crippen LogP contribution in [0.25, 0.3) is 11.4 Å². The third-order valence-electron chi connectivity index (χ3n) is 5.68. The number of rotatable bonds is 8. The Kier molecular flexibility index (Phi) is 7.18. The number of carbonyl (C=O) groups is 2. The Labute approximate surface area is 176 Å². The van der Waals surface area contributed by atoms with Gasteiger partial charge in [-0.1, -0.05) is 24.4 Å². The number of nitrogens with one attached hydrogen (secondary N) is 1. The predicted octanol–water partition coefficient (Wildman–Crippen LogP) is 3.50. The minimum atomic E-state index is -0.810. The second-order valence-corrected chi connectivity index (χ2v) is 7.69. The van der Waals surface area contributed by atoms with Gasteiger partial charge < -0.3 is 14.7 Å². The number of amides is 2. The van der Waals surface area contributed by atoms with E-state index in [9.17, 15) is 14.0 Å². The van der Waals surface area contributed by atoms with Crippen molar-refractivity contribution in [2.24, 2.45) is 0 Å². The molecule has 0 bridgehead atoms. The normalized spacial score (nSPS) is 15.6. The minimum absolute atomic E-state index is 0.0111. The van der Waals surface area contributed by atoms with E-state index < -0.39 is 5.54 Å². The van der Waals surface area contributed by atoms with Crippen molar-refractivity contribution < 1.29 is 18.5 Å². The van der Waals surface area contributed by atoms with E-state index in [2.05, 4.69) is 15.5 Å². The summed E-state index contributed by atoms with van der Waals surface area (Å²) in [5.74, 6) is 0.161. The highest BCUT2D eigenvalue weighted by Gasteiger charge is 2.42. The molecule has 1 aromatic carbocycles. The number of benzene rings is 1. The Bertz CT molecular complexity index is 856. The van der Waals surface area contributed by atoms with Crippen LogP contribution < -0.4 is 5.32 Å². The largest absolute Gasteiger partial charge is 0.342 e. The number of hydrogen-bond donors (Lipinski definition) is 1. The van der Waals surface area contributed by atoms with Crippen molar-refractivity contribution in [3.8, 4) is 11.4 Å². The molecule has 1 saturated carbocycles. The fourth-order valence-electron chi connectivity index (χ4n) is 3.98. The molecular weight excluding hydrogens is 387 g/mol. The van der Waals surface area contributed by atoms with Gasteiger partial charge in [-0.05, 0) is 51.0 Å². The van der Waals surface area contributed by atoms with Gasteiger partial charge in [0.2, 0.25) is 23.5 Å². The van der Waals surface area contributed by atoms with Gasteiger partial charge in [-0.15, -0.1) is 0 Å². The average Bonchev–Trinajstić information content (AvgIpc) is 3.23. The summed E-state index contributed by atoms with van der Waals surface area (Å²) in [6.45, 7) is 5.16. The van der Waals surface area contributed by atoms with Gasteiger partial charge in [-0.2, -0.15) is 4.98 Å². The summed E-state index contributed by atoms with van der Waals surface area (Å²) in [5.41, 5.74) is -0.169. The number of carbonyl (C=O) groups excluding carboxylic acids is 2. The number of hydrogen-bond acceptors (Lipinski definition) is 5. The minimum Gasteiger partial charge on any atom is -0.342 e. The lowest BCUT2D eigenvalue weighted by Gasteiger charge is -2.40. The van der Waals surface area contributed by atoms with Crippen LogP contribution in [0.5, 0.6) is 0 Å². The van der Waals surface area contributed by atoms with E-state index in [1.54, 1.807) is 17.0 Å². The van der Waals surface area contributed by atoms with Gasteiger partial charge in [0, 0.05) is 31.5 Å². The molecule has 1 fully saturated rings. The molecule has 30 heavy (non-hydrogen) atoms. The van der Waals surface area contributed by atoms with Crippen LogP contribution in [0.4, 0.5) is 4.39 Å². The fourth-order valence-corrected chi connectivity index (χ4v) is 3.98. The monoisotopic (exact) mass is 416 g/mol. The smallest absolute Gasteiger partial charge is 0.248 e. The highest BCUT2D eigenvalue weighted by atomic mass is 19.1. The lowest BCUT2D eigenvalue weighted by Crippen LogP contribution is -2.60. The second-order valence-electron chi connectivity index (χ2n) is 7.69. The maximum absolute atomic E-state index is 13.1. The Morgan fingerprint density at radius 1 is 1.13 bits per heavy atom. The molecule has 3 rings (SSSR count). The van der Waals surface area contributed by atoms with Gasteiger partial charge in [0.15, 0.2) is 0 Å². The number of likely N-dealkylation sites (N-methyl/N-ethyl adjacent to an activating group) is 1. The van der Waals surface area contributed by atoms with E-state index in [0.717, 1.165) is 19.3 Å². The van der Waals surface area contributed by atoms with E-state index in [4.69, 9.17) is 4.52 Å². The summed E-state index contributed by atoms with van der Waals surface area (Å²) in [7, 11) is 0. The van der Waals surface area contributed by atoms with Gasteiger partial charge in [0.05, 0.1) is 0 Å². The van der Waals surface area contributed by atoms with E-state index >= 15 is 0 Å². The van der Waals surface area contributed by atoms with Crippen LogP contribution in [0.1, 0.15) is 58.3 Å². The van der Waals surface area contributed by atoms with Crippen LogP contribution in [0, 0.1) is 5.82 Å². The van der Waals surface area contributed by atoms with Crippen molar-refractivity contribution in [2.45, 2.75) is 64.3 Å². The molecule has 0 radical (unpaired) electrons. The molecule has 0 unspecified atom stereocenters. The number of aryl methyl sites for hydroxylation is 1. The molecule has 1 heterocycles. The number of aromatic nitrogens is 2. The summed E-state index contributed by atoms with van der Waals surface area (Å²) in [6, 6.07) is 5.80. The Hall–Kier alpha value is -2.77. The molecule has 7 nitrogen and oxygen atoms in total. The topological polar surface area (TPSA) is 88.3 Å². The molecule has 2 amide bonds. The summed E-state index contributed by atoms with van der Waals surface area (Å²) >= 11 is 0. The standard InChI is InChI=1S/C22H29FN4O3/c1-3-27(4-2)21(29)22(14-6-5-7-15-22)25-18(28)12-13-19-24-20(26-30-19)16-8-10-17(23)11-9-16/h8-11H,3-7,12-15H2,1-2H3,(H,25,28). The van der Waals surface area contributed by atoms with Crippen molar-refractivity contribution in [2.75, 3.05) is 13.1 Å². The predicted molar refractivity (Wildman–Crippen MR) is 110 cm³/mol. The quantitative estimate of drug-likeness (QED) is 0.712. The zero-order chi connectivity index (χ0) is 21.6. The van der Waals surface area contributed by atoms with Crippen molar-refractivity contribution in [1.82, 2.24) is 20.4 Å². The van der Waals surface area contributed by atoms with E-state index in [1.165, 1.54) is 12.1 Å². The molecule has 2 aromatic rings. The van der Waals surface area contributed by atoms with Gasteiger partial charge in [0.25, 0.3) is 0 Å². The van der Waals surface area contributed by atoms with Crippen LogP contribution in [0.15, 0.2) is 28.8 Å². The van der Waals surface area contributed by atoms with Crippen molar-refractivity contribution >= 4 is 11.8 Å². The first kappa shape index (κ1) is 21.9. The van der Waals surface area contributed by atoms with Crippen molar-refractivity contribution in [3.05, 3.63) is 36.0 Å². The number of halogens is 1. The highest BCUT2D eigenvalue weighted by molar-refractivity contribution is 5.91. The highest BCUT2D eigenvalue weighted by Crippen LogP contribution is 2.30. The zero-order valence-electron chi connectivity index (χ0n) is 17.6. The molecule has 0 atom stereocenters. The van der Waals surface area contributed by atoms with Crippen LogP contribution in [-0.4, -0.2) is 45.5 Å². The lowest BCUT2D eigenvalue weighted by atomic mass is 9.80. The summed E-state index contributed by atoms with van der Waals surface area (Å²) in [6.07, 6.45) is 4.70. The molecule has 0 saturated heterocycles. The van der Waals surface area contributed by atoms with Gasteiger partial charge in [-0.3, -0.25) is 9.59 Å². The first-order valence-corrected chi connectivity index (χ1v) is 10.7.